The summed E-state index contributed by atoms with van der Waals surface area (Å²) in [6.45, 7) is 4.69. The van der Waals surface area contributed by atoms with Gasteiger partial charge in [0.2, 0.25) is 10.0 Å². The summed E-state index contributed by atoms with van der Waals surface area (Å²) >= 11 is 5.71. The number of nitrogens with one attached hydrogen (secondary N) is 1. The molecule has 0 saturated carbocycles. The highest BCUT2D eigenvalue weighted by atomic mass is 35.5. The second kappa shape index (κ2) is 7.82. The molecule has 1 heterocycles. The minimum Gasteiger partial charge on any atom is -0.244 e. The molecule has 19 heavy (non-hydrogen) atoms. The van der Waals surface area contributed by atoms with Crippen molar-refractivity contribution < 1.29 is 8.42 Å². The summed E-state index contributed by atoms with van der Waals surface area (Å²) in [6.07, 6.45) is 5.67. The third kappa shape index (κ3) is 5.47. The Hall–Kier alpha value is -0.650. The Morgan fingerprint density at radius 1 is 1.42 bits per heavy atom. The molecule has 0 aliphatic rings. The van der Waals surface area contributed by atoms with Gasteiger partial charge in [0.05, 0.1) is 4.90 Å². The predicted molar refractivity (Wildman–Crippen MR) is 77.7 cm³/mol. The van der Waals surface area contributed by atoms with Crippen molar-refractivity contribution >= 4 is 21.6 Å². The van der Waals surface area contributed by atoms with Crippen LogP contribution in [0.15, 0.2) is 23.2 Å². The second-order valence-electron chi connectivity index (χ2n) is 4.58. The molecule has 0 aliphatic carbocycles. The maximum absolute atomic E-state index is 12.1. The van der Waals surface area contributed by atoms with Crippen LogP contribution in [0.25, 0.3) is 0 Å². The third-order valence-corrected chi connectivity index (χ3v) is 4.74. The van der Waals surface area contributed by atoms with Gasteiger partial charge in [0.1, 0.15) is 5.15 Å². The van der Waals surface area contributed by atoms with Crippen LogP contribution in [0.5, 0.6) is 0 Å². The molecule has 1 unspecified atom stereocenters. The summed E-state index contributed by atoms with van der Waals surface area (Å²) in [5.74, 6) is 0.382. The molecule has 1 rings (SSSR count). The Bertz CT molecular complexity index is 491. The molecule has 1 aromatic heterocycles. The fraction of sp³-hybridized carbons (Fsp3) is 0.615. The van der Waals surface area contributed by atoms with Gasteiger partial charge in [-0.2, -0.15) is 0 Å². The van der Waals surface area contributed by atoms with Gasteiger partial charge in [-0.3, -0.25) is 0 Å². The largest absolute Gasteiger partial charge is 0.244 e. The van der Waals surface area contributed by atoms with Crippen molar-refractivity contribution in [2.75, 3.05) is 6.54 Å². The van der Waals surface area contributed by atoms with Crippen LogP contribution in [0.2, 0.25) is 5.15 Å². The molecule has 0 aliphatic heterocycles. The van der Waals surface area contributed by atoms with Crippen LogP contribution in [-0.4, -0.2) is 19.9 Å². The Morgan fingerprint density at radius 2 is 2.16 bits per heavy atom. The number of unbranched alkanes of at least 4 members (excludes halogenated alkanes) is 1. The maximum Gasteiger partial charge on any atom is 0.240 e. The van der Waals surface area contributed by atoms with Crippen LogP contribution < -0.4 is 4.72 Å². The second-order valence-corrected chi connectivity index (χ2v) is 6.74. The van der Waals surface area contributed by atoms with E-state index in [1.807, 2.05) is 0 Å². The zero-order valence-electron chi connectivity index (χ0n) is 11.4. The summed E-state index contributed by atoms with van der Waals surface area (Å²) in [6, 6.07) is 2.80. The van der Waals surface area contributed by atoms with E-state index in [2.05, 4.69) is 23.6 Å². The van der Waals surface area contributed by atoms with Gasteiger partial charge in [0.15, 0.2) is 0 Å². The van der Waals surface area contributed by atoms with E-state index in [9.17, 15) is 8.42 Å². The van der Waals surface area contributed by atoms with Crippen LogP contribution in [-0.2, 0) is 10.0 Å². The SMILES string of the molecule is CCCCC(CC)CNS(=O)(=O)c1ccnc(Cl)c1. The highest BCUT2D eigenvalue weighted by Gasteiger charge is 2.16. The van der Waals surface area contributed by atoms with Crippen molar-refractivity contribution in [2.24, 2.45) is 5.92 Å². The van der Waals surface area contributed by atoms with Gasteiger partial charge in [-0.25, -0.2) is 18.1 Å². The van der Waals surface area contributed by atoms with E-state index in [-0.39, 0.29) is 10.0 Å². The lowest BCUT2D eigenvalue weighted by Crippen LogP contribution is -2.29. The molecule has 0 spiro atoms. The zero-order chi connectivity index (χ0) is 14.3. The lowest BCUT2D eigenvalue weighted by molar-refractivity contribution is 0.443. The summed E-state index contributed by atoms with van der Waals surface area (Å²) in [5.41, 5.74) is 0. The van der Waals surface area contributed by atoms with Crippen LogP contribution in [0.1, 0.15) is 39.5 Å². The first-order valence-electron chi connectivity index (χ1n) is 6.60. The van der Waals surface area contributed by atoms with Gasteiger partial charge in [-0.15, -0.1) is 0 Å². The third-order valence-electron chi connectivity index (χ3n) is 3.11. The first-order valence-corrected chi connectivity index (χ1v) is 8.47. The number of pyridine rings is 1. The van der Waals surface area contributed by atoms with Crippen molar-refractivity contribution in [3.63, 3.8) is 0 Å². The molecule has 0 fully saturated rings. The number of aromatic nitrogens is 1. The molecule has 0 radical (unpaired) electrons. The molecule has 1 aromatic rings. The van der Waals surface area contributed by atoms with Crippen molar-refractivity contribution in [2.45, 2.75) is 44.4 Å². The highest BCUT2D eigenvalue weighted by molar-refractivity contribution is 7.89. The number of sulfonamides is 1. The summed E-state index contributed by atoms with van der Waals surface area (Å²) in [4.78, 5) is 3.94. The summed E-state index contributed by atoms with van der Waals surface area (Å²) in [7, 11) is -3.49. The molecular weight excluding hydrogens is 284 g/mol. The molecule has 0 aromatic carbocycles. The van der Waals surface area contributed by atoms with Crippen LogP contribution in [0, 0.1) is 5.92 Å². The summed E-state index contributed by atoms with van der Waals surface area (Å²) < 4.78 is 26.8. The van der Waals surface area contributed by atoms with Crippen molar-refractivity contribution in [3.8, 4) is 0 Å². The van der Waals surface area contributed by atoms with Crippen molar-refractivity contribution in [1.82, 2.24) is 9.71 Å². The average Bonchev–Trinajstić information content (AvgIpc) is 2.39. The number of hydrogen-bond acceptors (Lipinski definition) is 3. The molecule has 0 amide bonds. The first-order chi connectivity index (χ1) is 8.99. The Morgan fingerprint density at radius 3 is 2.74 bits per heavy atom. The number of hydrogen-bond donors (Lipinski definition) is 1. The van der Waals surface area contributed by atoms with Gasteiger partial charge >= 0.3 is 0 Å². The zero-order valence-corrected chi connectivity index (χ0v) is 13.0. The molecule has 0 saturated heterocycles. The van der Waals surface area contributed by atoms with Gasteiger partial charge in [0.25, 0.3) is 0 Å². The van der Waals surface area contributed by atoms with E-state index in [0.717, 1.165) is 25.7 Å². The molecular formula is C13H21ClN2O2S. The molecule has 1 N–H and O–H groups in total. The van der Waals surface area contributed by atoms with E-state index in [1.165, 1.54) is 18.3 Å². The lowest BCUT2D eigenvalue weighted by atomic mass is 10.00. The number of halogens is 1. The molecule has 0 bridgehead atoms. The standard InChI is InChI=1S/C13H21ClN2O2S/c1-3-5-6-11(4-2)10-16-19(17,18)12-7-8-15-13(14)9-12/h7-9,11,16H,3-6,10H2,1-2H3. The fourth-order valence-electron chi connectivity index (χ4n) is 1.81. The Kier molecular flexibility index (Phi) is 6.75. The van der Waals surface area contributed by atoms with Crippen LogP contribution >= 0.6 is 11.6 Å². The van der Waals surface area contributed by atoms with Crippen LogP contribution in [0.4, 0.5) is 0 Å². The van der Waals surface area contributed by atoms with Crippen molar-refractivity contribution in [1.29, 1.82) is 0 Å². The molecule has 1 atom stereocenters. The average molecular weight is 305 g/mol. The van der Waals surface area contributed by atoms with E-state index in [0.29, 0.717) is 12.5 Å². The van der Waals surface area contributed by atoms with Crippen LogP contribution in [0.3, 0.4) is 0 Å². The molecule has 4 nitrogen and oxygen atoms in total. The normalized spacial score (nSPS) is 13.4. The Labute approximate surface area is 120 Å². The first kappa shape index (κ1) is 16.4. The smallest absolute Gasteiger partial charge is 0.240 e. The van der Waals surface area contributed by atoms with Gasteiger partial charge in [-0.05, 0) is 24.5 Å². The fourth-order valence-corrected chi connectivity index (χ4v) is 3.17. The highest BCUT2D eigenvalue weighted by Crippen LogP contribution is 2.15. The maximum atomic E-state index is 12.1. The summed E-state index contributed by atoms with van der Waals surface area (Å²) in [5, 5.41) is 0.181. The molecule has 108 valence electrons. The van der Waals surface area contributed by atoms with E-state index >= 15 is 0 Å². The topological polar surface area (TPSA) is 59.1 Å². The van der Waals surface area contributed by atoms with Crippen molar-refractivity contribution in [3.05, 3.63) is 23.5 Å². The van der Waals surface area contributed by atoms with E-state index < -0.39 is 10.0 Å². The molecule has 6 heteroatoms. The van der Waals surface area contributed by atoms with Gasteiger partial charge in [-0.1, -0.05) is 44.7 Å². The number of nitrogens with zero attached hydrogens (tertiary/aromatic N) is 1. The Balaban J connectivity index is 2.64. The minimum atomic E-state index is -3.49. The van der Waals surface area contributed by atoms with E-state index in [4.69, 9.17) is 11.6 Å². The lowest BCUT2D eigenvalue weighted by Gasteiger charge is -2.15. The van der Waals surface area contributed by atoms with Gasteiger partial charge in [0, 0.05) is 12.7 Å². The predicted octanol–water partition coefficient (Wildman–Crippen LogP) is 3.23. The quantitative estimate of drug-likeness (QED) is 0.750. The minimum absolute atomic E-state index is 0.165. The number of rotatable bonds is 8. The monoisotopic (exact) mass is 304 g/mol. The van der Waals surface area contributed by atoms with Gasteiger partial charge < -0.3 is 0 Å². The van der Waals surface area contributed by atoms with E-state index in [1.54, 1.807) is 0 Å².